The number of benzene rings is 2. The summed E-state index contributed by atoms with van der Waals surface area (Å²) < 4.78 is 6.53. The fraction of sp³-hybridized carbons (Fsp3) is 0.375. The predicted molar refractivity (Wildman–Crippen MR) is 128 cm³/mol. The molecule has 31 heavy (non-hydrogen) atoms. The molecule has 166 valence electrons. The van der Waals surface area contributed by atoms with Crippen molar-refractivity contribution >= 4 is 34.0 Å². The molecule has 1 unspecified atom stereocenters. The van der Waals surface area contributed by atoms with Gasteiger partial charge in [0.25, 0.3) is 11.8 Å². The molecule has 0 radical (unpaired) electrons. The maximum absolute atomic E-state index is 12.6. The lowest BCUT2D eigenvalue weighted by atomic mass is 10.0. The number of hydrogen-bond donors (Lipinski definition) is 2. The normalized spacial score (nSPS) is 12.1. The van der Waals surface area contributed by atoms with Crippen LogP contribution in [0.5, 0.6) is 5.75 Å². The topological polar surface area (TPSA) is 79.8 Å². The van der Waals surface area contributed by atoms with Gasteiger partial charge in [0.05, 0.1) is 17.3 Å². The highest BCUT2D eigenvalue weighted by atomic mass is 79.9. The lowest BCUT2D eigenvalue weighted by molar-refractivity contribution is -0.123. The Bertz CT molecular complexity index is 911. The molecule has 1 atom stereocenters. The van der Waals surface area contributed by atoms with Crippen LogP contribution in [0.25, 0.3) is 0 Å². The lowest BCUT2D eigenvalue weighted by Gasteiger charge is -2.20. The smallest absolute Gasteiger partial charge is 0.262 e. The van der Waals surface area contributed by atoms with E-state index in [1.54, 1.807) is 18.3 Å². The van der Waals surface area contributed by atoms with Crippen molar-refractivity contribution in [2.24, 2.45) is 11.0 Å². The van der Waals surface area contributed by atoms with Crippen LogP contribution >= 0.6 is 15.9 Å². The maximum Gasteiger partial charge on any atom is 0.262 e. The average Bonchev–Trinajstić information content (AvgIpc) is 2.73. The Morgan fingerprint density at radius 1 is 1.16 bits per heavy atom. The third kappa shape index (κ3) is 7.83. The van der Waals surface area contributed by atoms with E-state index in [1.807, 2.05) is 51.1 Å². The first kappa shape index (κ1) is 24.6. The zero-order chi connectivity index (χ0) is 22.8. The molecule has 7 heteroatoms. The summed E-state index contributed by atoms with van der Waals surface area (Å²) in [6, 6.07) is 12.1. The van der Waals surface area contributed by atoms with E-state index in [0.29, 0.717) is 12.2 Å². The number of hydrazone groups is 1. The van der Waals surface area contributed by atoms with E-state index < -0.39 is 6.04 Å². The Morgan fingerprint density at radius 3 is 2.48 bits per heavy atom. The molecule has 2 aromatic carbocycles. The Hall–Kier alpha value is -2.67. The summed E-state index contributed by atoms with van der Waals surface area (Å²) in [6.45, 7) is 8.48. The highest BCUT2D eigenvalue weighted by molar-refractivity contribution is 9.10. The number of halogens is 1. The highest BCUT2D eigenvalue weighted by Crippen LogP contribution is 2.25. The lowest BCUT2D eigenvalue weighted by Crippen LogP contribution is -2.48. The Labute approximate surface area is 192 Å². The van der Waals surface area contributed by atoms with Gasteiger partial charge in [0.1, 0.15) is 11.8 Å². The third-order valence-electron chi connectivity index (χ3n) is 4.65. The molecule has 0 aliphatic rings. The van der Waals surface area contributed by atoms with Gasteiger partial charge in [0.2, 0.25) is 0 Å². The minimum absolute atomic E-state index is 0.0988. The fourth-order valence-corrected chi connectivity index (χ4v) is 3.26. The number of aryl methyl sites for hydroxylation is 1. The minimum atomic E-state index is -0.702. The minimum Gasteiger partial charge on any atom is -0.492 e. The first-order valence-electron chi connectivity index (χ1n) is 10.4. The molecular formula is C24H30BrN3O3. The second-order valence-electron chi connectivity index (χ2n) is 7.69. The number of nitrogens with zero attached hydrogens (tertiary/aromatic N) is 1. The second-order valence-corrected chi connectivity index (χ2v) is 8.54. The SMILES string of the molecule is CCCCOc1ccc(C=NNC(=O)C(NC(=O)c2ccc(C)cc2)C(C)C)cc1Br. The zero-order valence-corrected chi connectivity index (χ0v) is 20.0. The van der Waals surface area contributed by atoms with Gasteiger partial charge < -0.3 is 10.1 Å². The molecule has 0 spiro atoms. The van der Waals surface area contributed by atoms with Gasteiger partial charge in [-0.3, -0.25) is 9.59 Å². The standard InChI is InChI=1S/C24H30BrN3O3/c1-5-6-13-31-21-12-9-18(14-20(21)25)15-26-28-24(30)22(16(2)3)27-23(29)19-10-7-17(4)8-11-19/h7-12,14-16,22H,5-6,13H2,1-4H3,(H,27,29)(H,28,30). The van der Waals surface area contributed by atoms with Gasteiger partial charge >= 0.3 is 0 Å². The number of hydrogen-bond acceptors (Lipinski definition) is 4. The molecule has 0 saturated heterocycles. The van der Waals surface area contributed by atoms with E-state index in [4.69, 9.17) is 4.74 Å². The molecule has 0 aliphatic heterocycles. The van der Waals surface area contributed by atoms with E-state index in [9.17, 15) is 9.59 Å². The maximum atomic E-state index is 12.6. The van der Waals surface area contributed by atoms with Gasteiger partial charge in [-0.15, -0.1) is 0 Å². The van der Waals surface area contributed by atoms with Gasteiger partial charge in [-0.1, -0.05) is 44.9 Å². The summed E-state index contributed by atoms with van der Waals surface area (Å²) in [5, 5.41) is 6.84. The molecule has 6 nitrogen and oxygen atoms in total. The van der Waals surface area contributed by atoms with Crippen molar-refractivity contribution in [1.82, 2.24) is 10.7 Å². The second kappa shape index (κ2) is 12.2. The van der Waals surface area contributed by atoms with E-state index in [0.717, 1.165) is 34.2 Å². The summed E-state index contributed by atoms with van der Waals surface area (Å²) in [7, 11) is 0. The first-order chi connectivity index (χ1) is 14.8. The van der Waals surface area contributed by atoms with Crippen molar-refractivity contribution in [2.75, 3.05) is 6.61 Å². The molecule has 2 N–H and O–H groups in total. The highest BCUT2D eigenvalue weighted by Gasteiger charge is 2.24. The molecule has 0 fully saturated rings. The van der Waals surface area contributed by atoms with E-state index >= 15 is 0 Å². The molecular weight excluding hydrogens is 458 g/mol. The molecule has 0 heterocycles. The monoisotopic (exact) mass is 487 g/mol. The van der Waals surface area contributed by atoms with Gasteiger partial charge in [-0.25, -0.2) is 5.43 Å². The number of amides is 2. The number of nitrogens with one attached hydrogen (secondary N) is 2. The predicted octanol–water partition coefficient (Wildman–Crippen LogP) is 4.84. The van der Waals surface area contributed by atoms with Crippen molar-refractivity contribution in [3.05, 3.63) is 63.6 Å². The first-order valence-corrected chi connectivity index (χ1v) is 11.2. The zero-order valence-electron chi connectivity index (χ0n) is 18.4. The molecule has 2 aromatic rings. The Balaban J connectivity index is 1.96. The fourth-order valence-electron chi connectivity index (χ4n) is 2.75. The molecule has 0 bridgehead atoms. The summed E-state index contributed by atoms with van der Waals surface area (Å²) in [5.74, 6) is 0.0114. The van der Waals surface area contributed by atoms with Crippen LogP contribution in [0, 0.1) is 12.8 Å². The van der Waals surface area contributed by atoms with Gasteiger partial charge in [-0.2, -0.15) is 5.10 Å². The van der Waals surface area contributed by atoms with Crippen molar-refractivity contribution in [3.63, 3.8) is 0 Å². The summed E-state index contributed by atoms with van der Waals surface area (Å²) in [4.78, 5) is 25.1. The van der Waals surface area contributed by atoms with Crippen molar-refractivity contribution in [1.29, 1.82) is 0 Å². The molecule has 0 aliphatic carbocycles. The summed E-state index contributed by atoms with van der Waals surface area (Å²) in [6.07, 6.45) is 3.63. The Kier molecular flexibility index (Phi) is 9.72. The molecule has 0 aromatic heterocycles. The van der Waals surface area contributed by atoms with E-state index in [-0.39, 0.29) is 17.7 Å². The summed E-state index contributed by atoms with van der Waals surface area (Å²) >= 11 is 3.49. The van der Waals surface area contributed by atoms with Crippen LogP contribution in [0.15, 0.2) is 52.0 Å². The molecule has 2 amide bonds. The summed E-state index contributed by atoms with van der Waals surface area (Å²) in [5.41, 5.74) is 4.91. The number of rotatable bonds is 10. The largest absolute Gasteiger partial charge is 0.492 e. The van der Waals surface area contributed by atoms with Crippen LogP contribution in [-0.4, -0.2) is 30.7 Å². The van der Waals surface area contributed by atoms with Crippen molar-refractivity contribution < 1.29 is 14.3 Å². The van der Waals surface area contributed by atoms with Gasteiger partial charge in [-0.05, 0) is 71.1 Å². The Morgan fingerprint density at radius 2 is 1.87 bits per heavy atom. The van der Waals surface area contributed by atoms with Crippen molar-refractivity contribution in [3.8, 4) is 5.75 Å². The molecule has 0 saturated carbocycles. The third-order valence-corrected chi connectivity index (χ3v) is 5.27. The number of ether oxygens (including phenoxy) is 1. The van der Waals surface area contributed by atoms with Crippen LogP contribution in [0.4, 0.5) is 0 Å². The quantitative estimate of drug-likeness (QED) is 0.285. The average molecular weight is 488 g/mol. The molecule has 2 rings (SSSR count). The van der Waals surface area contributed by atoms with Crippen LogP contribution < -0.4 is 15.5 Å². The van der Waals surface area contributed by atoms with Crippen LogP contribution in [0.1, 0.15) is 55.1 Å². The number of unbranched alkanes of at least 4 members (excludes halogenated alkanes) is 1. The van der Waals surface area contributed by atoms with E-state index in [1.165, 1.54) is 0 Å². The number of carbonyl (C=O) groups excluding carboxylic acids is 2. The van der Waals surface area contributed by atoms with Gasteiger partial charge in [0, 0.05) is 5.56 Å². The van der Waals surface area contributed by atoms with Crippen LogP contribution in [0.2, 0.25) is 0 Å². The van der Waals surface area contributed by atoms with Crippen LogP contribution in [0.3, 0.4) is 0 Å². The van der Waals surface area contributed by atoms with Crippen molar-refractivity contribution in [2.45, 2.75) is 46.6 Å². The number of carbonyl (C=O) groups is 2. The van der Waals surface area contributed by atoms with Gasteiger partial charge in [0.15, 0.2) is 0 Å². The van der Waals surface area contributed by atoms with E-state index in [2.05, 4.69) is 38.7 Å². The van der Waals surface area contributed by atoms with Crippen LogP contribution in [-0.2, 0) is 4.79 Å².